The van der Waals surface area contributed by atoms with E-state index in [1.165, 1.54) is 13.0 Å². The molecule has 1 rings (SSSR count). The highest BCUT2D eigenvalue weighted by Crippen LogP contribution is 2.32. The molecule has 0 radical (unpaired) electrons. The first-order valence-corrected chi connectivity index (χ1v) is 5.12. The molecule has 0 saturated heterocycles. The second-order valence-electron chi connectivity index (χ2n) is 3.78. The highest BCUT2D eigenvalue weighted by Gasteiger charge is 2.30. The quantitative estimate of drug-likeness (QED) is 0.794. The summed E-state index contributed by atoms with van der Waals surface area (Å²) in [5, 5.41) is 0. The Balaban J connectivity index is 3.38. The molecule has 0 heterocycles. The van der Waals surface area contributed by atoms with E-state index >= 15 is 0 Å². The van der Waals surface area contributed by atoms with Crippen LogP contribution in [0.2, 0.25) is 0 Å². The molecule has 0 aliphatic heterocycles. The van der Waals surface area contributed by atoms with Gasteiger partial charge >= 0.3 is 0 Å². The summed E-state index contributed by atoms with van der Waals surface area (Å²) in [6.07, 6.45) is 0. The average Bonchev–Trinajstić information content (AvgIpc) is 2.02. The Kier molecular flexibility index (Phi) is 3.10. The summed E-state index contributed by atoms with van der Waals surface area (Å²) in [5.74, 6) is -0.400. The van der Waals surface area contributed by atoms with Gasteiger partial charge in [-0.05, 0) is 32.9 Å². The Bertz CT molecular complexity index is 351. The molecule has 1 aromatic rings. The standard InChI is InChI=1S/C11H12BrFO/c1-7(14)11(2,3)10-8(12)5-4-6-9(10)13/h4-6H,1-3H3. The zero-order chi connectivity index (χ0) is 10.9. The van der Waals surface area contributed by atoms with Crippen molar-refractivity contribution in [3.05, 3.63) is 34.1 Å². The maximum Gasteiger partial charge on any atom is 0.139 e. The van der Waals surface area contributed by atoms with Crippen molar-refractivity contribution in [3.63, 3.8) is 0 Å². The summed E-state index contributed by atoms with van der Waals surface area (Å²) in [6.45, 7) is 4.91. The molecule has 0 spiro atoms. The number of rotatable bonds is 2. The van der Waals surface area contributed by atoms with Crippen LogP contribution in [0.15, 0.2) is 22.7 Å². The summed E-state index contributed by atoms with van der Waals surface area (Å²) in [7, 11) is 0. The van der Waals surface area contributed by atoms with Gasteiger partial charge in [0.2, 0.25) is 0 Å². The van der Waals surface area contributed by atoms with E-state index in [4.69, 9.17) is 0 Å². The number of hydrogen-bond donors (Lipinski definition) is 0. The van der Waals surface area contributed by atoms with Crippen molar-refractivity contribution in [2.24, 2.45) is 0 Å². The lowest BCUT2D eigenvalue weighted by atomic mass is 9.81. The van der Waals surface area contributed by atoms with Crippen molar-refractivity contribution in [2.75, 3.05) is 0 Å². The van der Waals surface area contributed by atoms with Crippen LogP contribution >= 0.6 is 15.9 Å². The lowest BCUT2D eigenvalue weighted by Crippen LogP contribution is -2.28. The SMILES string of the molecule is CC(=O)C(C)(C)c1c(F)cccc1Br. The van der Waals surface area contributed by atoms with Crippen molar-refractivity contribution in [3.8, 4) is 0 Å². The predicted octanol–water partition coefficient (Wildman–Crippen LogP) is 3.45. The van der Waals surface area contributed by atoms with Gasteiger partial charge in [-0.15, -0.1) is 0 Å². The maximum atomic E-state index is 13.5. The average molecular weight is 259 g/mol. The van der Waals surface area contributed by atoms with E-state index in [-0.39, 0.29) is 11.6 Å². The second kappa shape index (κ2) is 3.81. The minimum Gasteiger partial charge on any atom is -0.299 e. The Morgan fingerprint density at radius 3 is 2.43 bits per heavy atom. The number of carbonyl (C=O) groups excluding carboxylic acids is 1. The normalized spacial score (nSPS) is 11.5. The molecule has 3 heteroatoms. The minimum absolute atomic E-state index is 0.0525. The molecule has 0 fully saturated rings. The summed E-state index contributed by atoms with van der Waals surface area (Å²) >= 11 is 3.26. The number of Topliss-reactive ketones (excluding diaryl/α,β-unsaturated/α-hetero) is 1. The molecule has 0 aliphatic rings. The molecule has 0 atom stereocenters. The molecule has 0 aromatic heterocycles. The molecule has 0 unspecified atom stereocenters. The molecule has 76 valence electrons. The number of benzene rings is 1. The zero-order valence-electron chi connectivity index (χ0n) is 8.40. The smallest absolute Gasteiger partial charge is 0.139 e. The van der Waals surface area contributed by atoms with E-state index in [0.717, 1.165) is 0 Å². The molecular formula is C11H12BrFO. The van der Waals surface area contributed by atoms with Crippen LogP contribution in [0.4, 0.5) is 4.39 Å². The van der Waals surface area contributed by atoms with Crippen LogP contribution in [0.5, 0.6) is 0 Å². The monoisotopic (exact) mass is 258 g/mol. The van der Waals surface area contributed by atoms with E-state index in [2.05, 4.69) is 15.9 Å². The van der Waals surface area contributed by atoms with Gasteiger partial charge in [-0.1, -0.05) is 22.0 Å². The minimum atomic E-state index is -0.788. The molecule has 0 saturated carbocycles. The Morgan fingerprint density at radius 1 is 1.43 bits per heavy atom. The fourth-order valence-corrected chi connectivity index (χ4v) is 2.11. The van der Waals surface area contributed by atoms with Crippen molar-refractivity contribution < 1.29 is 9.18 Å². The van der Waals surface area contributed by atoms with E-state index in [0.29, 0.717) is 10.0 Å². The lowest BCUT2D eigenvalue weighted by molar-refractivity contribution is -0.121. The van der Waals surface area contributed by atoms with Gasteiger partial charge in [-0.2, -0.15) is 0 Å². The van der Waals surface area contributed by atoms with Gasteiger partial charge in [0.15, 0.2) is 0 Å². The first-order valence-electron chi connectivity index (χ1n) is 4.33. The summed E-state index contributed by atoms with van der Waals surface area (Å²) in [4.78, 5) is 11.4. The van der Waals surface area contributed by atoms with Gasteiger partial charge in [0.25, 0.3) is 0 Å². The third-order valence-electron chi connectivity index (χ3n) is 2.47. The van der Waals surface area contributed by atoms with Crippen molar-refractivity contribution in [2.45, 2.75) is 26.2 Å². The third-order valence-corrected chi connectivity index (χ3v) is 3.13. The van der Waals surface area contributed by atoms with Crippen LogP contribution in [-0.2, 0) is 10.2 Å². The highest BCUT2D eigenvalue weighted by molar-refractivity contribution is 9.10. The maximum absolute atomic E-state index is 13.5. The number of carbonyl (C=O) groups is 1. The first-order chi connectivity index (χ1) is 6.37. The number of halogens is 2. The van der Waals surface area contributed by atoms with Crippen LogP contribution in [0.3, 0.4) is 0 Å². The lowest BCUT2D eigenvalue weighted by Gasteiger charge is -2.23. The van der Waals surface area contributed by atoms with Gasteiger partial charge in [0.1, 0.15) is 11.6 Å². The molecule has 0 N–H and O–H groups in total. The molecule has 0 amide bonds. The molecular weight excluding hydrogens is 247 g/mol. The van der Waals surface area contributed by atoms with Crippen LogP contribution in [0.25, 0.3) is 0 Å². The van der Waals surface area contributed by atoms with E-state index in [1.54, 1.807) is 26.0 Å². The van der Waals surface area contributed by atoms with E-state index in [9.17, 15) is 9.18 Å². The number of hydrogen-bond acceptors (Lipinski definition) is 1. The Labute approximate surface area is 91.5 Å². The predicted molar refractivity (Wildman–Crippen MR) is 57.8 cm³/mol. The molecule has 1 aromatic carbocycles. The van der Waals surface area contributed by atoms with Gasteiger partial charge < -0.3 is 0 Å². The molecule has 0 aliphatic carbocycles. The topological polar surface area (TPSA) is 17.1 Å². The number of ketones is 1. The summed E-state index contributed by atoms with van der Waals surface area (Å²) < 4.78 is 14.2. The van der Waals surface area contributed by atoms with Crippen LogP contribution in [-0.4, -0.2) is 5.78 Å². The Morgan fingerprint density at radius 2 is 2.00 bits per heavy atom. The fourth-order valence-electron chi connectivity index (χ4n) is 1.27. The van der Waals surface area contributed by atoms with E-state index in [1.807, 2.05) is 0 Å². The van der Waals surface area contributed by atoms with Gasteiger partial charge in [-0.25, -0.2) is 4.39 Å². The Hall–Kier alpha value is -0.700. The van der Waals surface area contributed by atoms with Gasteiger partial charge in [0, 0.05) is 10.0 Å². The molecule has 14 heavy (non-hydrogen) atoms. The van der Waals surface area contributed by atoms with Crippen LogP contribution in [0, 0.1) is 5.82 Å². The van der Waals surface area contributed by atoms with Crippen LogP contribution < -0.4 is 0 Å². The van der Waals surface area contributed by atoms with Crippen molar-refractivity contribution in [1.29, 1.82) is 0 Å². The highest BCUT2D eigenvalue weighted by atomic mass is 79.9. The second-order valence-corrected chi connectivity index (χ2v) is 4.63. The third kappa shape index (κ3) is 1.87. The summed E-state index contributed by atoms with van der Waals surface area (Å²) in [5.41, 5.74) is -0.364. The van der Waals surface area contributed by atoms with Gasteiger partial charge in [-0.3, -0.25) is 4.79 Å². The first kappa shape index (κ1) is 11.4. The fraction of sp³-hybridized carbons (Fsp3) is 0.364. The molecule has 1 nitrogen and oxygen atoms in total. The largest absolute Gasteiger partial charge is 0.299 e. The van der Waals surface area contributed by atoms with Gasteiger partial charge in [0.05, 0.1) is 5.41 Å². The van der Waals surface area contributed by atoms with Crippen molar-refractivity contribution in [1.82, 2.24) is 0 Å². The van der Waals surface area contributed by atoms with Crippen molar-refractivity contribution >= 4 is 21.7 Å². The molecule has 0 bridgehead atoms. The van der Waals surface area contributed by atoms with E-state index < -0.39 is 5.41 Å². The van der Waals surface area contributed by atoms with Crippen LogP contribution in [0.1, 0.15) is 26.3 Å². The summed E-state index contributed by atoms with van der Waals surface area (Å²) in [6, 6.07) is 4.72. The zero-order valence-corrected chi connectivity index (χ0v) is 9.98.